The summed E-state index contributed by atoms with van der Waals surface area (Å²) in [5.41, 5.74) is 5.25. The molecule has 0 saturated heterocycles. The van der Waals surface area contributed by atoms with E-state index < -0.39 is 5.97 Å². The van der Waals surface area contributed by atoms with E-state index in [4.69, 9.17) is 4.98 Å². The van der Waals surface area contributed by atoms with Gasteiger partial charge in [0, 0.05) is 41.1 Å². The second-order valence-corrected chi connectivity index (χ2v) is 7.36. The maximum absolute atomic E-state index is 11.3. The van der Waals surface area contributed by atoms with E-state index in [1.807, 2.05) is 36.4 Å². The third-order valence-electron chi connectivity index (χ3n) is 5.54. The Kier molecular flexibility index (Phi) is 3.94. The SMILES string of the molecule is O=C(O)c1ccc(-c2nc3c4cccnc4c4ncccc4c3n2-c2ccncc2)cc1. The number of pyridine rings is 3. The van der Waals surface area contributed by atoms with Crippen LogP contribution in [0, 0.1) is 0 Å². The van der Waals surface area contributed by atoms with Gasteiger partial charge in [-0.1, -0.05) is 12.1 Å². The molecule has 4 heterocycles. The van der Waals surface area contributed by atoms with E-state index in [2.05, 4.69) is 19.5 Å². The average Bonchev–Trinajstić information content (AvgIpc) is 3.26. The molecule has 4 aromatic heterocycles. The van der Waals surface area contributed by atoms with Crippen LogP contribution in [-0.2, 0) is 0 Å². The quantitative estimate of drug-likeness (QED) is 0.413. The highest BCUT2D eigenvalue weighted by atomic mass is 16.4. The molecule has 0 bridgehead atoms. The van der Waals surface area contributed by atoms with E-state index in [9.17, 15) is 9.90 Å². The Labute approximate surface area is 181 Å². The van der Waals surface area contributed by atoms with Gasteiger partial charge in [0.2, 0.25) is 0 Å². The molecule has 0 aliphatic carbocycles. The van der Waals surface area contributed by atoms with Crippen LogP contribution in [0.25, 0.3) is 49.9 Å². The van der Waals surface area contributed by atoms with Gasteiger partial charge in [-0.25, -0.2) is 9.78 Å². The number of carboxylic acids is 1. The molecule has 0 aliphatic heterocycles. The van der Waals surface area contributed by atoms with Crippen LogP contribution in [0.15, 0.2) is 85.5 Å². The second kappa shape index (κ2) is 6.95. The van der Waals surface area contributed by atoms with Crippen LogP contribution in [0.5, 0.6) is 0 Å². The van der Waals surface area contributed by atoms with Gasteiger partial charge in [-0.15, -0.1) is 0 Å². The van der Waals surface area contributed by atoms with Gasteiger partial charge >= 0.3 is 5.97 Å². The van der Waals surface area contributed by atoms with Crippen molar-refractivity contribution in [2.24, 2.45) is 0 Å². The van der Waals surface area contributed by atoms with Crippen molar-refractivity contribution >= 4 is 38.8 Å². The number of carboxylic acid groups (broad SMARTS) is 1. The van der Waals surface area contributed by atoms with E-state index in [0.717, 1.165) is 44.1 Å². The van der Waals surface area contributed by atoms with Crippen LogP contribution < -0.4 is 0 Å². The van der Waals surface area contributed by atoms with E-state index >= 15 is 0 Å². The number of carbonyl (C=O) groups is 1. The lowest BCUT2D eigenvalue weighted by molar-refractivity contribution is 0.0697. The molecule has 2 aromatic carbocycles. The highest BCUT2D eigenvalue weighted by Gasteiger charge is 2.21. The standard InChI is InChI=1S/C25H15N5O2/c31-25(32)16-7-5-15(6-8-16)24-29-22-18-3-1-11-27-20(18)21-19(4-2-12-28-21)23(22)30(24)17-9-13-26-14-10-17/h1-14H,(H,31,32). The van der Waals surface area contributed by atoms with Gasteiger partial charge < -0.3 is 5.11 Å². The molecule has 0 unspecified atom stereocenters. The molecule has 6 rings (SSSR count). The topological polar surface area (TPSA) is 93.8 Å². The molecular weight excluding hydrogens is 402 g/mol. The fourth-order valence-corrected chi connectivity index (χ4v) is 4.13. The first-order valence-corrected chi connectivity index (χ1v) is 10.0. The van der Waals surface area contributed by atoms with Crippen LogP contribution in [0.3, 0.4) is 0 Å². The molecule has 0 fully saturated rings. The predicted octanol–water partition coefficient (Wildman–Crippen LogP) is 4.88. The number of fused-ring (bicyclic) bond motifs is 6. The van der Waals surface area contributed by atoms with Crippen molar-refractivity contribution in [2.45, 2.75) is 0 Å². The van der Waals surface area contributed by atoms with E-state index in [-0.39, 0.29) is 5.56 Å². The minimum absolute atomic E-state index is 0.227. The van der Waals surface area contributed by atoms with Gasteiger partial charge in [-0.2, -0.15) is 0 Å². The molecule has 0 aliphatic rings. The normalized spacial score (nSPS) is 11.4. The first-order chi connectivity index (χ1) is 15.7. The summed E-state index contributed by atoms with van der Waals surface area (Å²) in [6.45, 7) is 0. The van der Waals surface area contributed by atoms with Gasteiger partial charge in [-0.05, 0) is 48.5 Å². The molecule has 0 spiro atoms. The highest BCUT2D eigenvalue weighted by molar-refractivity contribution is 6.21. The summed E-state index contributed by atoms with van der Waals surface area (Å²) in [7, 11) is 0. The van der Waals surface area contributed by atoms with Crippen LogP contribution >= 0.6 is 0 Å². The summed E-state index contributed by atoms with van der Waals surface area (Å²) < 4.78 is 2.07. The van der Waals surface area contributed by atoms with Gasteiger partial charge in [0.1, 0.15) is 5.82 Å². The van der Waals surface area contributed by atoms with Crippen molar-refractivity contribution in [1.29, 1.82) is 0 Å². The summed E-state index contributed by atoms with van der Waals surface area (Å²) >= 11 is 0. The van der Waals surface area contributed by atoms with E-state index in [0.29, 0.717) is 5.82 Å². The van der Waals surface area contributed by atoms with Crippen LogP contribution in [0.4, 0.5) is 0 Å². The predicted molar refractivity (Wildman–Crippen MR) is 122 cm³/mol. The van der Waals surface area contributed by atoms with Gasteiger partial charge in [0.25, 0.3) is 0 Å². The smallest absolute Gasteiger partial charge is 0.335 e. The molecule has 1 N–H and O–H groups in total. The Hall–Kier alpha value is -4.65. The minimum atomic E-state index is -0.965. The number of hydrogen-bond acceptors (Lipinski definition) is 5. The van der Waals surface area contributed by atoms with Crippen molar-refractivity contribution in [1.82, 2.24) is 24.5 Å². The summed E-state index contributed by atoms with van der Waals surface area (Å²) in [5.74, 6) is -0.266. The number of imidazole rings is 1. The summed E-state index contributed by atoms with van der Waals surface area (Å²) in [6, 6.07) is 18.4. The van der Waals surface area contributed by atoms with Crippen molar-refractivity contribution in [3.63, 3.8) is 0 Å². The summed E-state index contributed by atoms with van der Waals surface area (Å²) in [5, 5.41) is 11.1. The van der Waals surface area contributed by atoms with Crippen molar-refractivity contribution in [2.75, 3.05) is 0 Å². The zero-order chi connectivity index (χ0) is 21.7. The molecule has 0 amide bonds. The van der Waals surface area contributed by atoms with E-state index in [1.54, 1.807) is 49.1 Å². The third-order valence-corrected chi connectivity index (χ3v) is 5.54. The monoisotopic (exact) mass is 417 g/mol. The minimum Gasteiger partial charge on any atom is -0.478 e. The first kappa shape index (κ1) is 18.1. The number of benzene rings is 2. The lowest BCUT2D eigenvalue weighted by Gasteiger charge is -2.11. The maximum atomic E-state index is 11.3. The van der Waals surface area contributed by atoms with Gasteiger partial charge in [-0.3, -0.25) is 19.5 Å². The highest BCUT2D eigenvalue weighted by Crippen LogP contribution is 2.37. The zero-order valence-corrected chi connectivity index (χ0v) is 16.7. The second-order valence-electron chi connectivity index (χ2n) is 7.36. The fourth-order valence-electron chi connectivity index (χ4n) is 4.13. The first-order valence-electron chi connectivity index (χ1n) is 10.0. The third kappa shape index (κ3) is 2.65. The van der Waals surface area contributed by atoms with Crippen molar-refractivity contribution in [3.05, 3.63) is 91.0 Å². The fraction of sp³-hybridized carbons (Fsp3) is 0. The Bertz CT molecular complexity index is 1640. The van der Waals surface area contributed by atoms with Crippen molar-refractivity contribution < 1.29 is 9.90 Å². The molecule has 7 nitrogen and oxygen atoms in total. The number of aromatic nitrogens is 5. The molecular formula is C25H15N5O2. The van der Waals surface area contributed by atoms with Crippen molar-refractivity contribution in [3.8, 4) is 17.1 Å². The molecule has 152 valence electrons. The van der Waals surface area contributed by atoms with Crippen LogP contribution in [-0.4, -0.2) is 35.6 Å². The number of rotatable bonds is 3. The molecule has 0 saturated carbocycles. The Balaban J connectivity index is 1.80. The van der Waals surface area contributed by atoms with Gasteiger partial charge in [0.05, 0.1) is 33.3 Å². The Morgan fingerprint density at radius 1 is 0.750 bits per heavy atom. The van der Waals surface area contributed by atoms with E-state index in [1.165, 1.54) is 0 Å². The average molecular weight is 417 g/mol. The molecule has 0 atom stereocenters. The summed E-state index contributed by atoms with van der Waals surface area (Å²) in [6.07, 6.45) is 7.00. The Morgan fingerprint density at radius 2 is 1.41 bits per heavy atom. The molecule has 7 heteroatoms. The van der Waals surface area contributed by atoms with Crippen LogP contribution in [0.2, 0.25) is 0 Å². The molecule has 0 radical (unpaired) electrons. The number of nitrogens with zero attached hydrogens (tertiary/aromatic N) is 5. The van der Waals surface area contributed by atoms with Gasteiger partial charge in [0.15, 0.2) is 0 Å². The zero-order valence-electron chi connectivity index (χ0n) is 16.7. The Morgan fingerprint density at radius 3 is 2.09 bits per heavy atom. The molecule has 32 heavy (non-hydrogen) atoms. The molecule has 6 aromatic rings. The maximum Gasteiger partial charge on any atom is 0.335 e. The summed E-state index contributed by atoms with van der Waals surface area (Å²) in [4.78, 5) is 29.7. The lowest BCUT2D eigenvalue weighted by atomic mass is 10.1. The number of aromatic carboxylic acids is 1. The number of hydrogen-bond donors (Lipinski definition) is 1. The lowest BCUT2D eigenvalue weighted by Crippen LogP contribution is -2.00. The van der Waals surface area contributed by atoms with Crippen LogP contribution in [0.1, 0.15) is 10.4 Å². The largest absolute Gasteiger partial charge is 0.478 e.